The van der Waals surface area contributed by atoms with Gasteiger partial charge in [-0.2, -0.15) is 0 Å². The smallest absolute Gasteiger partial charge is 0.0276 e. The zero-order valence-electron chi connectivity index (χ0n) is 10.4. The Morgan fingerprint density at radius 1 is 1.33 bits per heavy atom. The third kappa shape index (κ3) is 3.03. The van der Waals surface area contributed by atoms with Crippen molar-refractivity contribution < 1.29 is 0 Å². The number of hydrogen-bond acceptors (Lipinski definition) is 3. The molecule has 1 aromatic rings. The summed E-state index contributed by atoms with van der Waals surface area (Å²) < 4.78 is 0. The van der Waals surface area contributed by atoms with Crippen LogP contribution >= 0.6 is 11.3 Å². The number of nitrogens with zero attached hydrogens (tertiary/aromatic N) is 1. The summed E-state index contributed by atoms with van der Waals surface area (Å²) in [6.45, 7) is 8.43. The molecular weight excluding hydrogens is 204 g/mol. The zero-order valence-corrected chi connectivity index (χ0v) is 11.2. The van der Waals surface area contributed by atoms with Crippen molar-refractivity contribution in [2.45, 2.75) is 39.3 Å². The van der Waals surface area contributed by atoms with Gasteiger partial charge in [0.05, 0.1) is 0 Å². The first-order valence-corrected chi connectivity index (χ1v) is 6.18. The normalized spacial score (nSPS) is 12.5. The van der Waals surface area contributed by atoms with E-state index >= 15 is 0 Å². The summed E-state index contributed by atoms with van der Waals surface area (Å²) in [5.41, 5.74) is 8.86. The molecule has 0 unspecified atom stereocenters. The number of rotatable bonds is 3. The Hall–Kier alpha value is -0.380. The maximum Gasteiger partial charge on any atom is 0.0276 e. The Balaban J connectivity index is 3.12. The minimum absolute atomic E-state index is 0.194. The van der Waals surface area contributed by atoms with Crippen LogP contribution in [0.15, 0.2) is 5.38 Å². The van der Waals surface area contributed by atoms with Crippen molar-refractivity contribution in [3.63, 3.8) is 0 Å². The summed E-state index contributed by atoms with van der Waals surface area (Å²) in [4.78, 5) is 3.54. The fourth-order valence-electron chi connectivity index (χ4n) is 1.95. The van der Waals surface area contributed by atoms with Crippen molar-refractivity contribution >= 4 is 11.3 Å². The van der Waals surface area contributed by atoms with E-state index in [0.29, 0.717) is 6.54 Å². The molecule has 0 aliphatic heterocycles. The molecule has 0 aliphatic rings. The second-order valence-corrected chi connectivity index (χ2v) is 6.22. The van der Waals surface area contributed by atoms with E-state index in [4.69, 9.17) is 5.73 Å². The van der Waals surface area contributed by atoms with Crippen molar-refractivity contribution in [3.8, 4) is 0 Å². The molecule has 0 spiro atoms. The third-order valence-electron chi connectivity index (χ3n) is 2.37. The van der Waals surface area contributed by atoms with Gasteiger partial charge in [-0.25, -0.2) is 0 Å². The lowest BCUT2D eigenvalue weighted by atomic mass is 9.84. The predicted molar refractivity (Wildman–Crippen MR) is 68.3 cm³/mol. The van der Waals surface area contributed by atoms with Gasteiger partial charge in [-0.05, 0) is 36.0 Å². The van der Waals surface area contributed by atoms with Gasteiger partial charge in [0, 0.05) is 18.0 Å². The Morgan fingerprint density at radius 3 is 2.33 bits per heavy atom. The Morgan fingerprint density at radius 2 is 1.93 bits per heavy atom. The molecule has 2 N–H and O–H groups in total. The highest BCUT2D eigenvalue weighted by Crippen LogP contribution is 2.34. The van der Waals surface area contributed by atoms with Crippen LogP contribution in [-0.4, -0.2) is 19.0 Å². The topological polar surface area (TPSA) is 29.3 Å². The van der Waals surface area contributed by atoms with E-state index in [-0.39, 0.29) is 5.41 Å². The van der Waals surface area contributed by atoms with Crippen LogP contribution in [0.5, 0.6) is 0 Å². The van der Waals surface area contributed by atoms with Gasteiger partial charge in [0.2, 0.25) is 0 Å². The largest absolute Gasteiger partial charge is 0.326 e. The van der Waals surface area contributed by atoms with Gasteiger partial charge in [0.25, 0.3) is 0 Å². The van der Waals surface area contributed by atoms with Crippen molar-refractivity contribution in [2.24, 2.45) is 5.73 Å². The molecule has 0 radical (unpaired) electrons. The molecule has 0 amide bonds. The van der Waals surface area contributed by atoms with Crippen molar-refractivity contribution in [1.29, 1.82) is 0 Å². The van der Waals surface area contributed by atoms with Crippen LogP contribution in [0.3, 0.4) is 0 Å². The average molecular weight is 226 g/mol. The second kappa shape index (κ2) is 4.64. The van der Waals surface area contributed by atoms with E-state index in [9.17, 15) is 0 Å². The minimum Gasteiger partial charge on any atom is -0.326 e. The van der Waals surface area contributed by atoms with Crippen LogP contribution < -0.4 is 5.73 Å². The van der Waals surface area contributed by atoms with Crippen molar-refractivity contribution in [2.75, 3.05) is 14.1 Å². The van der Waals surface area contributed by atoms with Gasteiger partial charge in [-0.15, -0.1) is 11.3 Å². The molecule has 0 atom stereocenters. The molecular formula is C12H22N2S. The van der Waals surface area contributed by atoms with E-state index in [1.165, 1.54) is 16.0 Å². The Kier molecular flexibility index (Phi) is 3.93. The fraction of sp³-hybridized carbons (Fsp3) is 0.667. The lowest BCUT2D eigenvalue weighted by Crippen LogP contribution is -2.19. The first-order valence-electron chi connectivity index (χ1n) is 5.30. The molecule has 0 saturated carbocycles. The monoisotopic (exact) mass is 226 g/mol. The van der Waals surface area contributed by atoms with Crippen molar-refractivity contribution in [3.05, 3.63) is 21.4 Å². The lowest BCUT2D eigenvalue weighted by Gasteiger charge is -2.23. The second-order valence-electron chi connectivity index (χ2n) is 5.25. The van der Waals surface area contributed by atoms with Gasteiger partial charge in [-0.3, -0.25) is 0 Å². The molecule has 0 bridgehead atoms. The van der Waals surface area contributed by atoms with Gasteiger partial charge in [0.15, 0.2) is 0 Å². The molecule has 1 aromatic heterocycles. The fourth-order valence-corrected chi connectivity index (χ4v) is 3.07. The van der Waals surface area contributed by atoms with E-state index in [1.54, 1.807) is 11.3 Å². The Labute approximate surface area is 97.1 Å². The molecule has 0 fully saturated rings. The first kappa shape index (κ1) is 12.7. The molecule has 86 valence electrons. The van der Waals surface area contributed by atoms with Gasteiger partial charge in [0.1, 0.15) is 0 Å². The maximum absolute atomic E-state index is 5.79. The predicted octanol–water partition coefficient (Wildman–Crippen LogP) is 2.57. The summed E-state index contributed by atoms with van der Waals surface area (Å²) in [6, 6.07) is 0. The molecule has 15 heavy (non-hydrogen) atoms. The number of nitrogens with two attached hydrogens (primary N) is 1. The SMILES string of the molecule is CN(C)Cc1csc(CN)c1C(C)(C)C. The Bertz CT molecular complexity index is 321. The quantitative estimate of drug-likeness (QED) is 0.858. The third-order valence-corrected chi connectivity index (χ3v) is 3.42. The van der Waals surface area contributed by atoms with Gasteiger partial charge >= 0.3 is 0 Å². The molecule has 0 aliphatic carbocycles. The van der Waals surface area contributed by atoms with Crippen LogP contribution in [0.4, 0.5) is 0 Å². The maximum atomic E-state index is 5.79. The molecule has 2 nitrogen and oxygen atoms in total. The van der Waals surface area contributed by atoms with E-state index < -0.39 is 0 Å². The molecule has 1 rings (SSSR count). The number of thiophene rings is 1. The highest BCUT2D eigenvalue weighted by molar-refractivity contribution is 7.10. The van der Waals surface area contributed by atoms with Crippen LogP contribution in [0.25, 0.3) is 0 Å². The standard InChI is InChI=1S/C12H22N2S/c1-12(2,3)11-9(7-14(4)5)8-15-10(11)6-13/h8H,6-7,13H2,1-5H3. The lowest BCUT2D eigenvalue weighted by molar-refractivity contribution is 0.397. The number of hydrogen-bond donors (Lipinski definition) is 1. The van der Waals surface area contributed by atoms with Crippen LogP contribution in [0, 0.1) is 0 Å². The summed E-state index contributed by atoms with van der Waals surface area (Å²) in [7, 11) is 4.21. The highest BCUT2D eigenvalue weighted by atomic mass is 32.1. The van der Waals surface area contributed by atoms with E-state index in [2.05, 4.69) is 45.1 Å². The average Bonchev–Trinajstić information content (AvgIpc) is 2.45. The molecule has 0 saturated heterocycles. The van der Waals surface area contributed by atoms with E-state index in [1.807, 2.05) is 0 Å². The summed E-state index contributed by atoms with van der Waals surface area (Å²) in [5.74, 6) is 0. The summed E-state index contributed by atoms with van der Waals surface area (Å²) >= 11 is 1.79. The molecule has 1 heterocycles. The van der Waals surface area contributed by atoms with Gasteiger partial charge in [-0.1, -0.05) is 20.8 Å². The first-order chi connectivity index (χ1) is 6.86. The minimum atomic E-state index is 0.194. The highest BCUT2D eigenvalue weighted by Gasteiger charge is 2.23. The van der Waals surface area contributed by atoms with Crippen molar-refractivity contribution in [1.82, 2.24) is 4.90 Å². The molecule has 3 heteroatoms. The molecule has 0 aromatic carbocycles. The van der Waals surface area contributed by atoms with E-state index in [0.717, 1.165) is 6.54 Å². The summed E-state index contributed by atoms with van der Waals surface area (Å²) in [5, 5.41) is 2.25. The van der Waals surface area contributed by atoms with Crippen LogP contribution in [0.2, 0.25) is 0 Å². The van der Waals surface area contributed by atoms with Gasteiger partial charge < -0.3 is 10.6 Å². The van der Waals surface area contributed by atoms with Crippen LogP contribution in [-0.2, 0) is 18.5 Å². The van der Waals surface area contributed by atoms with Crippen LogP contribution in [0.1, 0.15) is 36.8 Å². The summed E-state index contributed by atoms with van der Waals surface area (Å²) in [6.07, 6.45) is 0. The zero-order chi connectivity index (χ0) is 11.6.